The van der Waals surface area contributed by atoms with Crippen LogP contribution in [0.2, 0.25) is 5.02 Å². The summed E-state index contributed by atoms with van der Waals surface area (Å²) in [5.41, 5.74) is 1.33. The van der Waals surface area contributed by atoms with Crippen molar-refractivity contribution in [1.29, 1.82) is 0 Å². The van der Waals surface area contributed by atoms with Gasteiger partial charge in [-0.3, -0.25) is 9.59 Å². The Labute approximate surface area is 269 Å². The van der Waals surface area contributed by atoms with E-state index in [2.05, 4.69) is 29.2 Å². The van der Waals surface area contributed by atoms with Crippen LogP contribution in [0.3, 0.4) is 0 Å². The number of halogens is 1. The molecule has 8 heteroatoms. The molecule has 0 aliphatic carbocycles. The smallest absolute Gasteiger partial charge is 1.00 e. The van der Waals surface area contributed by atoms with Crippen molar-refractivity contribution in [3.8, 4) is 0 Å². The number of aliphatic carboxylic acids is 1. The monoisotopic (exact) mass is 578 g/mol. The number of carboxylic acid groups (broad SMARTS) is 1. The van der Waals surface area contributed by atoms with Gasteiger partial charge in [0.2, 0.25) is 5.91 Å². The molecule has 0 unspecified atom stereocenters. The number of carboxylic acids is 1. The van der Waals surface area contributed by atoms with Crippen molar-refractivity contribution in [3.05, 3.63) is 107 Å². The molecule has 1 amide bonds. The van der Waals surface area contributed by atoms with Gasteiger partial charge in [0, 0.05) is 39.1 Å². The van der Waals surface area contributed by atoms with Gasteiger partial charge in [-0.2, -0.15) is 0 Å². The van der Waals surface area contributed by atoms with E-state index >= 15 is 0 Å². The minimum atomic E-state index is -0.837. The van der Waals surface area contributed by atoms with Gasteiger partial charge in [0.15, 0.2) is 0 Å². The number of likely N-dealkylation sites (N-methyl/N-ethyl adjacent to an activating group) is 1. The third-order valence-electron chi connectivity index (χ3n) is 7.17. The number of rotatable bonds is 7. The van der Waals surface area contributed by atoms with E-state index in [0.717, 1.165) is 43.2 Å². The van der Waals surface area contributed by atoms with Crippen LogP contribution in [-0.4, -0.2) is 103 Å². The first kappa shape index (κ1) is 33.3. The van der Waals surface area contributed by atoms with Crippen LogP contribution in [0.5, 0.6) is 0 Å². The van der Waals surface area contributed by atoms with E-state index in [1.54, 1.807) is 4.90 Å². The fourth-order valence-electron chi connectivity index (χ4n) is 5.16. The van der Waals surface area contributed by atoms with Crippen molar-refractivity contribution in [2.45, 2.75) is 37.2 Å². The van der Waals surface area contributed by atoms with Crippen molar-refractivity contribution in [1.82, 2.24) is 9.80 Å². The van der Waals surface area contributed by atoms with Crippen LogP contribution in [0.1, 0.15) is 45.7 Å². The standard InChI is InChI=1S/C29H33ClN2O2.C2H4O2.Ca.2H/c1-31(2)27(33)29(24-9-5-3-6-10-24,25-11-7-4-8-12-25)19-22-32-20-17-28(34,18-21-32)23-13-15-26(30)16-14-23;1-2(3)4;;;/h3-16,34H,17-22H2,1-2H3;1H3,(H,3,4);;;/q;;+2;2*-1. The molecule has 39 heavy (non-hydrogen) atoms. The molecule has 6 nitrogen and oxygen atoms in total. The second-order valence-electron chi connectivity index (χ2n) is 9.99. The molecule has 4 rings (SSSR count). The van der Waals surface area contributed by atoms with Crippen LogP contribution in [-0.2, 0) is 20.6 Å². The molecular formula is C31H39CaClN2O4. The third-order valence-corrected chi connectivity index (χ3v) is 7.42. The predicted octanol–water partition coefficient (Wildman–Crippen LogP) is 5.02. The van der Waals surface area contributed by atoms with Gasteiger partial charge in [-0.25, -0.2) is 0 Å². The molecule has 2 N–H and O–H groups in total. The fraction of sp³-hybridized carbons (Fsp3) is 0.355. The number of hydrogen-bond acceptors (Lipinski definition) is 4. The van der Waals surface area contributed by atoms with Crippen LogP contribution in [0.4, 0.5) is 0 Å². The Hall–Kier alpha value is -1.93. The summed E-state index contributed by atoms with van der Waals surface area (Å²) >= 11 is 6.03. The molecule has 0 aromatic heterocycles. The van der Waals surface area contributed by atoms with Crippen LogP contribution in [0.25, 0.3) is 0 Å². The maximum atomic E-state index is 13.8. The molecule has 0 radical (unpaired) electrons. The Morgan fingerprint density at radius 1 is 0.923 bits per heavy atom. The molecule has 1 aliphatic heterocycles. The van der Waals surface area contributed by atoms with E-state index in [0.29, 0.717) is 24.3 Å². The fourth-order valence-corrected chi connectivity index (χ4v) is 5.28. The average Bonchev–Trinajstić information content (AvgIpc) is 2.91. The van der Waals surface area contributed by atoms with Crippen molar-refractivity contribution < 1.29 is 22.7 Å². The number of nitrogens with zero attached hydrogens (tertiary/aromatic N) is 2. The Morgan fingerprint density at radius 3 is 1.77 bits per heavy atom. The molecule has 1 heterocycles. The summed E-state index contributed by atoms with van der Waals surface area (Å²) < 4.78 is 0. The van der Waals surface area contributed by atoms with E-state index in [9.17, 15) is 9.90 Å². The normalized spacial score (nSPS) is 14.8. The van der Waals surface area contributed by atoms with Gasteiger partial charge in [-0.05, 0) is 54.6 Å². The number of carbonyl (C=O) groups excluding carboxylic acids is 1. The summed E-state index contributed by atoms with van der Waals surface area (Å²) in [4.78, 5) is 26.9. The second-order valence-corrected chi connectivity index (χ2v) is 10.4. The first-order valence-corrected chi connectivity index (χ1v) is 13.2. The molecule has 0 bridgehead atoms. The number of piperidine rings is 1. The van der Waals surface area contributed by atoms with Gasteiger partial charge in [-0.1, -0.05) is 84.4 Å². The van der Waals surface area contributed by atoms with Crippen LogP contribution in [0.15, 0.2) is 84.9 Å². The van der Waals surface area contributed by atoms with E-state index in [-0.39, 0.29) is 46.5 Å². The molecule has 3 aromatic rings. The zero-order valence-electron chi connectivity index (χ0n) is 25.0. The summed E-state index contributed by atoms with van der Waals surface area (Å²) in [7, 11) is 3.66. The first-order valence-electron chi connectivity index (χ1n) is 12.8. The predicted molar refractivity (Wildman–Crippen MR) is 159 cm³/mol. The summed E-state index contributed by atoms with van der Waals surface area (Å²) in [5.74, 6) is -0.750. The maximum Gasteiger partial charge on any atom is 2.00 e. The summed E-state index contributed by atoms with van der Waals surface area (Å²) in [6.45, 7) is 3.39. The van der Waals surface area contributed by atoms with Crippen LogP contribution >= 0.6 is 11.6 Å². The van der Waals surface area contributed by atoms with E-state index in [1.807, 2.05) is 74.8 Å². The Morgan fingerprint density at radius 2 is 1.36 bits per heavy atom. The van der Waals surface area contributed by atoms with Gasteiger partial charge in [0.25, 0.3) is 5.97 Å². The van der Waals surface area contributed by atoms with E-state index in [1.165, 1.54) is 0 Å². The second kappa shape index (κ2) is 15.2. The Kier molecular flexibility index (Phi) is 12.9. The Balaban J connectivity index is 0.00000215. The minimum Gasteiger partial charge on any atom is -1.00 e. The number of carbonyl (C=O) groups is 2. The average molecular weight is 579 g/mol. The third kappa shape index (κ3) is 8.53. The molecule has 3 aromatic carbocycles. The van der Waals surface area contributed by atoms with Crippen molar-refractivity contribution in [3.63, 3.8) is 0 Å². The van der Waals surface area contributed by atoms with E-state index < -0.39 is 17.0 Å². The molecule has 0 atom stereocenters. The largest absolute Gasteiger partial charge is 2.00 e. The summed E-state index contributed by atoms with van der Waals surface area (Å²) in [5, 5.41) is 19.4. The molecule has 1 aliphatic rings. The molecule has 1 saturated heterocycles. The SMILES string of the molecule is CC(=O)O.CN(C)C(=O)C(CCN1CCC(O)(c2ccc(Cl)cc2)CC1)(c1ccccc1)c1ccccc1.[Ca+2].[H-].[H-]. The van der Waals surface area contributed by atoms with E-state index in [4.69, 9.17) is 21.5 Å². The van der Waals surface area contributed by atoms with Crippen LogP contribution in [0, 0.1) is 0 Å². The number of amides is 1. The quantitative estimate of drug-likeness (QED) is 0.385. The van der Waals surface area contributed by atoms with Crippen LogP contribution < -0.4 is 0 Å². The van der Waals surface area contributed by atoms with Crippen molar-refractivity contribution in [2.24, 2.45) is 0 Å². The van der Waals surface area contributed by atoms with Gasteiger partial charge >= 0.3 is 37.7 Å². The summed E-state index contributed by atoms with van der Waals surface area (Å²) in [6, 6.07) is 27.7. The van der Waals surface area contributed by atoms with Gasteiger partial charge in [0.05, 0.1) is 5.60 Å². The van der Waals surface area contributed by atoms with Gasteiger partial charge < -0.3 is 22.9 Å². The number of likely N-dealkylation sites (tertiary alicyclic amines) is 1. The van der Waals surface area contributed by atoms with Crippen molar-refractivity contribution >= 4 is 61.2 Å². The molecular weight excluding hydrogens is 540 g/mol. The summed E-state index contributed by atoms with van der Waals surface area (Å²) in [6.07, 6.45) is 1.97. The number of benzene rings is 3. The molecule has 0 spiro atoms. The maximum absolute atomic E-state index is 13.8. The zero-order chi connectivity index (χ0) is 27.8. The number of aliphatic hydroxyl groups is 1. The molecule has 1 fully saturated rings. The topological polar surface area (TPSA) is 81.1 Å². The van der Waals surface area contributed by atoms with Crippen molar-refractivity contribution in [2.75, 3.05) is 33.7 Å². The Bertz CT molecular complexity index is 1150. The minimum absolute atomic E-state index is 0. The van der Waals surface area contributed by atoms with Gasteiger partial charge in [0.1, 0.15) is 5.41 Å². The zero-order valence-corrected chi connectivity index (χ0v) is 26.0. The first-order chi connectivity index (χ1) is 18.1. The number of hydrogen-bond donors (Lipinski definition) is 2. The molecule has 0 saturated carbocycles. The van der Waals surface area contributed by atoms with Gasteiger partial charge in [-0.15, -0.1) is 0 Å². The molecule has 206 valence electrons.